The van der Waals surface area contributed by atoms with Crippen molar-refractivity contribution in [3.05, 3.63) is 125 Å². The number of nitriles is 1. The van der Waals surface area contributed by atoms with Crippen LogP contribution in [0.1, 0.15) is 34.4 Å². The zero-order chi connectivity index (χ0) is 25.5. The van der Waals surface area contributed by atoms with Crippen LogP contribution in [0.3, 0.4) is 0 Å². The molecule has 0 aliphatic carbocycles. The van der Waals surface area contributed by atoms with Gasteiger partial charge in [-0.2, -0.15) is 5.26 Å². The maximum Gasteiger partial charge on any atom is 0.240 e. The Balaban J connectivity index is 1.35. The Kier molecular flexibility index (Phi) is 7.73. The van der Waals surface area contributed by atoms with Crippen LogP contribution >= 0.6 is 0 Å². The van der Waals surface area contributed by atoms with Crippen molar-refractivity contribution in [1.29, 1.82) is 5.26 Å². The molecule has 2 heterocycles. The molecule has 1 aromatic heterocycles. The first kappa shape index (κ1) is 24.5. The quantitative estimate of drug-likeness (QED) is 0.325. The van der Waals surface area contributed by atoms with Gasteiger partial charge in [-0.1, -0.05) is 78.9 Å². The van der Waals surface area contributed by atoms with E-state index in [2.05, 4.69) is 56.9 Å². The molecule has 1 fully saturated rings. The second-order valence-electron chi connectivity index (χ2n) is 9.54. The van der Waals surface area contributed by atoms with E-state index in [4.69, 9.17) is 0 Å². The minimum absolute atomic E-state index is 0.165. The number of hydrogen-bond donors (Lipinski definition) is 0. The van der Waals surface area contributed by atoms with Crippen LogP contribution in [0.4, 0.5) is 0 Å². The lowest BCUT2D eigenvalue weighted by atomic mass is 10.1. The van der Waals surface area contributed by atoms with Crippen molar-refractivity contribution in [3.63, 3.8) is 0 Å². The summed E-state index contributed by atoms with van der Waals surface area (Å²) >= 11 is 0. The third kappa shape index (κ3) is 5.96. The topological polar surface area (TPSA) is 65.2 Å². The summed E-state index contributed by atoms with van der Waals surface area (Å²) in [5.41, 5.74) is 5.09. The van der Waals surface area contributed by atoms with Crippen molar-refractivity contribution >= 4 is 5.91 Å². The number of hydrogen-bond acceptors (Lipinski definition) is 4. The zero-order valence-electron chi connectivity index (χ0n) is 20.9. The molecule has 0 spiro atoms. The van der Waals surface area contributed by atoms with E-state index < -0.39 is 0 Å². The summed E-state index contributed by atoms with van der Waals surface area (Å²) in [5, 5.41) is 9.52. The molecule has 3 aromatic carbocycles. The normalized spacial score (nSPS) is 15.3. The van der Waals surface area contributed by atoms with Gasteiger partial charge in [-0.15, -0.1) is 0 Å². The first-order chi connectivity index (χ1) is 18.2. The van der Waals surface area contributed by atoms with E-state index >= 15 is 0 Å². The molecular formula is C31H31N5O. The predicted molar refractivity (Wildman–Crippen MR) is 143 cm³/mol. The van der Waals surface area contributed by atoms with Gasteiger partial charge in [-0.05, 0) is 35.6 Å². The number of carbonyl (C=O) groups is 1. The Morgan fingerprint density at radius 2 is 1.62 bits per heavy atom. The zero-order valence-corrected chi connectivity index (χ0v) is 20.9. The molecule has 0 bridgehead atoms. The van der Waals surface area contributed by atoms with Gasteiger partial charge in [0.25, 0.3) is 0 Å². The molecule has 6 nitrogen and oxygen atoms in total. The lowest BCUT2D eigenvalue weighted by Gasteiger charge is -2.28. The summed E-state index contributed by atoms with van der Waals surface area (Å²) in [7, 11) is 0. The van der Waals surface area contributed by atoms with Gasteiger partial charge in [0.2, 0.25) is 5.91 Å². The highest BCUT2D eigenvalue weighted by atomic mass is 16.2. The molecule has 5 rings (SSSR count). The monoisotopic (exact) mass is 489 g/mol. The number of carbonyl (C=O) groups excluding carboxylic acids is 1. The second kappa shape index (κ2) is 11.7. The van der Waals surface area contributed by atoms with Gasteiger partial charge in [0.15, 0.2) is 0 Å². The van der Waals surface area contributed by atoms with E-state index in [9.17, 15) is 10.1 Å². The van der Waals surface area contributed by atoms with Crippen molar-refractivity contribution in [2.75, 3.05) is 13.1 Å². The third-order valence-corrected chi connectivity index (χ3v) is 7.10. The van der Waals surface area contributed by atoms with E-state index in [0.29, 0.717) is 25.2 Å². The van der Waals surface area contributed by atoms with Gasteiger partial charge in [-0.3, -0.25) is 9.69 Å². The summed E-state index contributed by atoms with van der Waals surface area (Å²) in [6.45, 7) is 3.38. The summed E-state index contributed by atoms with van der Waals surface area (Å²) in [6.07, 6.45) is 5.38. The number of nitrogens with zero attached hydrogens (tertiary/aromatic N) is 5. The van der Waals surface area contributed by atoms with E-state index in [1.165, 1.54) is 5.56 Å². The molecule has 1 saturated heterocycles. The lowest BCUT2D eigenvalue weighted by Crippen LogP contribution is -2.42. The number of likely N-dealkylation sites (tertiary alicyclic amines) is 1. The summed E-state index contributed by atoms with van der Waals surface area (Å²) in [4.78, 5) is 22.3. The van der Waals surface area contributed by atoms with Crippen LogP contribution in [0.15, 0.2) is 97.5 Å². The fourth-order valence-electron chi connectivity index (χ4n) is 5.07. The summed E-state index contributed by atoms with van der Waals surface area (Å²) in [6, 6.07) is 30.4. The lowest BCUT2D eigenvalue weighted by molar-refractivity contribution is -0.132. The molecule has 0 radical (unpaired) electrons. The molecule has 0 N–H and O–H groups in total. The van der Waals surface area contributed by atoms with Gasteiger partial charge in [-0.25, -0.2) is 4.98 Å². The van der Waals surface area contributed by atoms with Crippen LogP contribution in [0, 0.1) is 11.3 Å². The maximum atomic E-state index is 13.6. The fraction of sp³-hybridized carbons (Fsp3) is 0.258. The van der Waals surface area contributed by atoms with Crippen molar-refractivity contribution in [3.8, 4) is 6.07 Å². The van der Waals surface area contributed by atoms with E-state index in [1.807, 2.05) is 66.0 Å². The second-order valence-corrected chi connectivity index (χ2v) is 9.54. The molecule has 1 aliphatic rings. The maximum absolute atomic E-state index is 13.6. The number of benzene rings is 3. The molecule has 1 unspecified atom stereocenters. The fourth-order valence-corrected chi connectivity index (χ4v) is 5.07. The predicted octanol–water partition coefficient (Wildman–Crippen LogP) is 4.65. The van der Waals surface area contributed by atoms with Gasteiger partial charge in [0.05, 0.1) is 36.2 Å². The van der Waals surface area contributed by atoms with Crippen LogP contribution in [0.2, 0.25) is 0 Å². The standard InChI is InChI=1S/C31H31N5O/c32-19-27-13-7-8-14-28(27)22-36-24-33-20-29(36)23-34(17-15-25-9-3-1-4-10-25)30-16-18-35(31(30)37)21-26-11-5-2-6-12-26/h1-14,20,24,30H,15-18,21-23H2. The van der Waals surface area contributed by atoms with Gasteiger partial charge >= 0.3 is 0 Å². The van der Waals surface area contributed by atoms with Crippen molar-refractivity contribution in [1.82, 2.24) is 19.4 Å². The highest BCUT2D eigenvalue weighted by Gasteiger charge is 2.36. The van der Waals surface area contributed by atoms with Crippen LogP contribution in [-0.4, -0.2) is 44.4 Å². The van der Waals surface area contributed by atoms with Crippen molar-refractivity contribution < 1.29 is 4.79 Å². The first-order valence-corrected chi connectivity index (χ1v) is 12.8. The number of imidazole rings is 1. The van der Waals surface area contributed by atoms with Gasteiger partial charge in [0, 0.05) is 32.4 Å². The number of amides is 1. The summed E-state index contributed by atoms with van der Waals surface area (Å²) < 4.78 is 2.09. The van der Waals surface area contributed by atoms with E-state index in [0.717, 1.165) is 42.8 Å². The van der Waals surface area contributed by atoms with Crippen LogP contribution in [0.5, 0.6) is 0 Å². The van der Waals surface area contributed by atoms with E-state index in [1.54, 1.807) is 0 Å². The SMILES string of the molecule is N#Cc1ccccc1Cn1cncc1CN(CCc1ccccc1)C1CCN(Cc2ccccc2)C1=O. The molecular weight excluding hydrogens is 458 g/mol. The third-order valence-electron chi connectivity index (χ3n) is 7.10. The van der Waals surface area contributed by atoms with Crippen molar-refractivity contribution in [2.45, 2.75) is 38.5 Å². The average molecular weight is 490 g/mol. The number of rotatable bonds is 10. The molecule has 6 heteroatoms. The minimum atomic E-state index is -0.165. The highest BCUT2D eigenvalue weighted by molar-refractivity contribution is 5.84. The summed E-state index contributed by atoms with van der Waals surface area (Å²) in [5.74, 6) is 0.192. The molecule has 37 heavy (non-hydrogen) atoms. The molecule has 186 valence electrons. The molecule has 1 atom stereocenters. The number of aromatic nitrogens is 2. The van der Waals surface area contributed by atoms with Crippen LogP contribution in [0.25, 0.3) is 0 Å². The smallest absolute Gasteiger partial charge is 0.240 e. The Morgan fingerprint density at radius 1 is 0.919 bits per heavy atom. The van der Waals surface area contributed by atoms with Crippen LogP contribution < -0.4 is 0 Å². The van der Waals surface area contributed by atoms with Gasteiger partial charge < -0.3 is 9.47 Å². The average Bonchev–Trinajstić information content (AvgIpc) is 3.53. The molecule has 0 saturated carbocycles. The molecule has 1 amide bonds. The largest absolute Gasteiger partial charge is 0.337 e. The Labute approximate surface area is 218 Å². The Bertz CT molecular complexity index is 1360. The molecule has 1 aliphatic heterocycles. The van der Waals surface area contributed by atoms with E-state index in [-0.39, 0.29) is 11.9 Å². The first-order valence-electron chi connectivity index (χ1n) is 12.8. The minimum Gasteiger partial charge on any atom is -0.337 e. The van der Waals surface area contributed by atoms with Crippen LogP contribution in [-0.2, 0) is 30.8 Å². The van der Waals surface area contributed by atoms with Crippen molar-refractivity contribution in [2.24, 2.45) is 0 Å². The molecule has 4 aromatic rings. The van der Waals surface area contributed by atoms with Gasteiger partial charge in [0.1, 0.15) is 0 Å². The Morgan fingerprint density at radius 3 is 2.38 bits per heavy atom. The highest BCUT2D eigenvalue weighted by Crippen LogP contribution is 2.23. The Hall–Kier alpha value is -4.21.